The van der Waals surface area contributed by atoms with Gasteiger partial charge in [0.05, 0.1) is 12.0 Å². The highest BCUT2D eigenvalue weighted by atomic mass is 16.7. The minimum atomic E-state index is -0.885. The van der Waals surface area contributed by atoms with Gasteiger partial charge in [0, 0.05) is 18.1 Å². The summed E-state index contributed by atoms with van der Waals surface area (Å²) in [5.41, 5.74) is 2.83. The number of nitrogens with zero attached hydrogens (tertiary/aromatic N) is 1. The smallest absolute Gasteiger partial charge is 0.489 e. The lowest BCUT2D eigenvalue weighted by Crippen LogP contribution is -2.64. The largest absolute Gasteiger partial charge is 0.508 e. The zero-order chi connectivity index (χ0) is 27.1. The van der Waals surface area contributed by atoms with Gasteiger partial charge in [-0.2, -0.15) is 0 Å². The summed E-state index contributed by atoms with van der Waals surface area (Å²) in [6, 6.07) is 5.43. The van der Waals surface area contributed by atoms with E-state index in [1.54, 1.807) is 6.92 Å². The topological polar surface area (TPSA) is 112 Å². The molecule has 37 heavy (non-hydrogen) atoms. The lowest BCUT2D eigenvalue weighted by atomic mass is 9.77. The number of hydrogen-bond acceptors (Lipinski definition) is 8. The van der Waals surface area contributed by atoms with Gasteiger partial charge in [-0.25, -0.2) is 9.59 Å². The molecule has 4 unspecified atom stereocenters. The van der Waals surface area contributed by atoms with Crippen molar-refractivity contribution < 1.29 is 38.4 Å². The second-order valence-corrected chi connectivity index (χ2v) is 9.16. The molecule has 200 valence electrons. The molecule has 0 radical (unpaired) electrons. The quantitative estimate of drug-likeness (QED) is 0.242. The predicted molar refractivity (Wildman–Crippen MR) is 136 cm³/mol. The molecule has 1 fully saturated rings. The number of esters is 1. The van der Waals surface area contributed by atoms with Crippen molar-refractivity contribution in [2.45, 2.75) is 45.8 Å². The Morgan fingerprint density at radius 2 is 1.89 bits per heavy atom. The highest BCUT2D eigenvalue weighted by Crippen LogP contribution is 2.48. The summed E-state index contributed by atoms with van der Waals surface area (Å²) < 4.78 is 21.6. The number of aliphatic hydroxyl groups is 1. The van der Waals surface area contributed by atoms with Crippen LogP contribution in [-0.4, -0.2) is 66.6 Å². The highest BCUT2D eigenvalue weighted by molar-refractivity contribution is 6.01. The molecule has 0 bridgehead atoms. The van der Waals surface area contributed by atoms with Crippen molar-refractivity contribution in [1.82, 2.24) is 4.90 Å². The average Bonchev–Trinajstić information content (AvgIpc) is 3.11. The standard InChI is InChI=1S/C28H35NO8/c1-6-13-34-27(32)25-21(16-36-22-11-10-20(9-8-12-30)15-17(22)3)18(4)24-23(26(31)29(24)25)19(5)37-28(33)35-14-7-2/h6-7,10-11,15,18-19,23-24,30H,1-2,8-9,12-14,16H2,3-5H3. The van der Waals surface area contributed by atoms with E-state index in [1.165, 1.54) is 17.1 Å². The summed E-state index contributed by atoms with van der Waals surface area (Å²) in [4.78, 5) is 39.5. The molecule has 2 aliphatic heterocycles. The maximum atomic E-state index is 13.2. The van der Waals surface area contributed by atoms with Crippen LogP contribution in [0, 0.1) is 18.8 Å². The van der Waals surface area contributed by atoms with Gasteiger partial charge in [0.15, 0.2) is 0 Å². The Balaban J connectivity index is 1.80. The van der Waals surface area contributed by atoms with Crippen molar-refractivity contribution in [3.05, 3.63) is 65.9 Å². The van der Waals surface area contributed by atoms with Crippen LogP contribution in [0.4, 0.5) is 4.79 Å². The molecule has 1 saturated heterocycles. The van der Waals surface area contributed by atoms with Crippen LogP contribution in [0.15, 0.2) is 54.8 Å². The molecule has 9 nitrogen and oxygen atoms in total. The van der Waals surface area contributed by atoms with E-state index in [-0.39, 0.29) is 50.0 Å². The van der Waals surface area contributed by atoms with Crippen LogP contribution in [0.5, 0.6) is 5.75 Å². The number of carbonyl (C=O) groups excluding carboxylic acids is 3. The molecule has 1 aromatic carbocycles. The molecule has 2 aliphatic rings. The number of fused-ring (bicyclic) bond motifs is 1. The molecule has 1 N–H and O–H groups in total. The number of hydrogen-bond donors (Lipinski definition) is 1. The Morgan fingerprint density at radius 3 is 2.54 bits per heavy atom. The lowest BCUT2D eigenvalue weighted by molar-refractivity contribution is -0.164. The summed E-state index contributed by atoms with van der Waals surface area (Å²) in [6.45, 7) is 12.8. The summed E-state index contributed by atoms with van der Waals surface area (Å²) in [7, 11) is 0. The molecule has 1 amide bonds. The molecule has 0 aliphatic carbocycles. The van der Waals surface area contributed by atoms with Gasteiger partial charge in [-0.3, -0.25) is 4.79 Å². The minimum Gasteiger partial charge on any atom is -0.489 e. The number of benzene rings is 1. The zero-order valence-electron chi connectivity index (χ0n) is 21.6. The first kappa shape index (κ1) is 28.0. The number of carbonyl (C=O) groups is 3. The van der Waals surface area contributed by atoms with Crippen LogP contribution < -0.4 is 4.74 Å². The second kappa shape index (κ2) is 12.6. The van der Waals surface area contributed by atoms with Crippen molar-refractivity contribution >= 4 is 18.0 Å². The first-order valence-electron chi connectivity index (χ1n) is 12.4. The van der Waals surface area contributed by atoms with E-state index in [0.29, 0.717) is 17.7 Å². The molecule has 2 heterocycles. The van der Waals surface area contributed by atoms with Crippen LogP contribution in [0.1, 0.15) is 31.4 Å². The number of aryl methyl sites for hydroxylation is 2. The van der Waals surface area contributed by atoms with Gasteiger partial charge in [-0.05, 0) is 43.9 Å². The fraction of sp³-hybridized carbons (Fsp3) is 0.464. The minimum absolute atomic E-state index is 0.000286. The lowest BCUT2D eigenvalue weighted by Gasteiger charge is -2.47. The monoisotopic (exact) mass is 513 g/mol. The third-order valence-corrected chi connectivity index (χ3v) is 6.67. The molecule has 9 heteroatoms. The summed E-state index contributed by atoms with van der Waals surface area (Å²) in [5.74, 6) is -1.18. The number of rotatable bonds is 13. The van der Waals surface area contributed by atoms with E-state index in [9.17, 15) is 14.4 Å². The predicted octanol–water partition coefficient (Wildman–Crippen LogP) is 3.49. The summed E-state index contributed by atoms with van der Waals surface area (Å²) in [6.07, 6.45) is 2.68. The van der Waals surface area contributed by atoms with Gasteiger partial charge in [-0.1, -0.05) is 44.4 Å². The summed E-state index contributed by atoms with van der Waals surface area (Å²) >= 11 is 0. The van der Waals surface area contributed by atoms with Gasteiger partial charge < -0.3 is 29.0 Å². The maximum absolute atomic E-state index is 13.2. The molecule has 4 atom stereocenters. The number of amides is 1. The Hall–Kier alpha value is -3.59. The molecule has 1 aromatic rings. The Bertz CT molecular complexity index is 1080. The van der Waals surface area contributed by atoms with Gasteiger partial charge in [0.25, 0.3) is 0 Å². The number of β-lactam (4-membered cyclic amide) rings is 1. The van der Waals surface area contributed by atoms with Crippen LogP contribution in [0.25, 0.3) is 0 Å². The van der Waals surface area contributed by atoms with Crippen LogP contribution in [0.2, 0.25) is 0 Å². The van der Waals surface area contributed by atoms with E-state index >= 15 is 0 Å². The molecule has 3 rings (SSSR count). The third-order valence-electron chi connectivity index (χ3n) is 6.67. The first-order chi connectivity index (χ1) is 17.7. The summed E-state index contributed by atoms with van der Waals surface area (Å²) in [5, 5.41) is 9.07. The normalized spacial score (nSPS) is 21.0. The Kier molecular flexibility index (Phi) is 9.52. The van der Waals surface area contributed by atoms with Gasteiger partial charge in [0.2, 0.25) is 5.91 Å². The highest BCUT2D eigenvalue weighted by Gasteiger charge is 2.61. The maximum Gasteiger partial charge on any atom is 0.508 e. The van der Waals surface area contributed by atoms with Crippen LogP contribution >= 0.6 is 0 Å². The van der Waals surface area contributed by atoms with E-state index in [0.717, 1.165) is 17.5 Å². The fourth-order valence-corrected chi connectivity index (χ4v) is 4.87. The first-order valence-corrected chi connectivity index (χ1v) is 12.4. The molecule has 0 aromatic heterocycles. The fourth-order valence-electron chi connectivity index (χ4n) is 4.87. The van der Waals surface area contributed by atoms with Gasteiger partial charge in [-0.15, -0.1) is 0 Å². The van der Waals surface area contributed by atoms with Crippen molar-refractivity contribution in [2.24, 2.45) is 11.8 Å². The molecular weight excluding hydrogens is 478 g/mol. The molecule has 0 spiro atoms. The van der Waals surface area contributed by atoms with Gasteiger partial charge >= 0.3 is 12.1 Å². The average molecular weight is 514 g/mol. The van der Waals surface area contributed by atoms with Crippen molar-refractivity contribution in [2.75, 3.05) is 26.4 Å². The van der Waals surface area contributed by atoms with E-state index in [4.69, 9.17) is 24.1 Å². The molecular formula is C28H35NO8. The Morgan fingerprint density at radius 1 is 1.19 bits per heavy atom. The van der Waals surface area contributed by atoms with E-state index < -0.39 is 24.1 Å². The molecule has 0 saturated carbocycles. The van der Waals surface area contributed by atoms with Crippen LogP contribution in [0.3, 0.4) is 0 Å². The zero-order valence-corrected chi connectivity index (χ0v) is 21.6. The number of ether oxygens (including phenoxy) is 4. The SMILES string of the molecule is C=CCOC(=O)OC(C)C1C(=O)N2C(C(=O)OCC=C)=C(COc3ccc(CCCO)cc3C)C(C)C12. The number of aliphatic hydroxyl groups excluding tert-OH is 1. The van der Waals surface area contributed by atoms with Crippen molar-refractivity contribution in [3.8, 4) is 5.75 Å². The third kappa shape index (κ3) is 6.05. The van der Waals surface area contributed by atoms with Gasteiger partial charge in [0.1, 0.15) is 37.4 Å². The van der Waals surface area contributed by atoms with Crippen LogP contribution in [-0.2, 0) is 30.2 Å². The second-order valence-electron chi connectivity index (χ2n) is 9.16. The Labute approximate surface area is 217 Å². The van der Waals surface area contributed by atoms with E-state index in [2.05, 4.69) is 13.2 Å². The van der Waals surface area contributed by atoms with Crippen molar-refractivity contribution in [1.29, 1.82) is 0 Å². The van der Waals surface area contributed by atoms with E-state index in [1.807, 2.05) is 32.0 Å². The van der Waals surface area contributed by atoms with Crippen molar-refractivity contribution in [3.63, 3.8) is 0 Å².